The van der Waals surface area contributed by atoms with Crippen molar-refractivity contribution in [3.8, 4) is 0 Å². The first-order chi connectivity index (χ1) is 10.6. The SMILES string of the molecule is CCc1ccccc1NC(=O)CNC(=O)Cc1csc(C)n1. The Balaban J connectivity index is 1.81. The van der Waals surface area contributed by atoms with Crippen LogP contribution in [0.25, 0.3) is 0 Å². The van der Waals surface area contributed by atoms with Gasteiger partial charge in [-0.3, -0.25) is 9.59 Å². The molecule has 1 heterocycles. The summed E-state index contributed by atoms with van der Waals surface area (Å²) in [5.74, 6) is -0.437. The van der Waals surface area contributed by atoms with Gasteiger partial charge in [-0.1, -0.05) is 25.1 Å². The van der Waals surface area contributed by atoms with Crippen LogP contribution in [0.2, 0.25) is 0 Å². The highest BCUT2D eigenvalue weighted by molar-refractivity contribution is 7.09. The summed E-state index contributed by atoms with van der Waals surface area (Å²) >= 11 is 1.51. The fourth-order valence-electron chi connectivity index (χ4n) is 2.04. The van der Waals surface area contributed by atoms with Gasteiger partial charge in [-0.15, -0.1) is 11.3 Å². The summed E-state index contributed by atoms with van der Waals surface area (Å²) in [4.78, 5) is 27.9. The van der Waals surface area contributed by atoms with Crippen molar-refractivity contribution < 1.29 is 9.59 Å². The number of carbonyl (C=O) groups excluding carboxylic acids is 2. The number of benzene rings is 1. The van der Waals surface area contributed by atoms with Crippen molar-refractivity contribution in [1.82, 2.24) is 10.3 Å². The maximum absolute atomic E-state index is 11.9. The van der Waals surface area contributed by atoms with Crippen molar-refractivity contribution >= 4 is 28.8 Å². The summed E-state index contributed by atoms with van der Waals surface area (Å²) in [7, 11) is 0. The van der Waals surface area contributed by atoms with Gasteiger partial charge >= 0.3 is 0 Å². The van der Waals surface area contributed by atoms with Crippen molar-refractivity contribution in [2.45, 2.75) is 26.7 Å². The smallest absolute Gasteiger partial charge is 0.243 e. The van der Waals surface area contributed by atoms with Crippen LogP contribution in [0.3, 0.4) is 0 Å². The van der Waals surface area contributed by atoms with Gasteiger partial charge in [0.25, 0.3) is 0 Å². The van der Waals surface area contributed by atoms with Crippen LogP contribution in [-0.4, -0.2) is 23.3 Å². The van der Waals surface area contributed by atoms with Gasteiger partial charge in [0.1, 0.15) is 0 Å². The molecule has 2 N–H and O–H groups in total. The van der Waals surface area contributed by atoms with Crippen LogP contribution in [0.5, 0.6) is 0 Å². The van der Waals surface area contributed by atoms with Crippen molar-refractivity contribution in [2.75, 3.05) is 11.9 Å². The molecular weight excluding hydrogens is 298 g/mol. The Labute approximate surface area is 133 Å². The highest BCUT2D eigenvalue weighted by Crippen LogP contribution is 2.15. The number of nitrogens with one attached hydrogen (secondary N) is 2. The first-order valence-corrected chi connectivity index (χ1v) is 8.02. The minimum Gasteiger partial charge on any atom is -0.347 e. The molecule has 2 aromatic rings. The molecule has 2 amide bonds. The fourth-order valence-corrected chi connectivity index (χ4v) is 2.65. The largest absolute Gasteiger partial charge is 0.347 e. The van der Waals surface area contributed by atoms with E-state index in [9.17, 15) is 9.59 Å². The van der Waals surface area contributed by atoms with E-state index in [-0.39, 0.29) is 24.8 Å². The van der Waals surface area contributed by atoms with Crippen LogP contribution in [0.15, 0.2) is 29.6 Å². The van der Waals surface area contributed by atoms with E-state index in [4.69, 9.17) is 0 Å². The van der Waals surface area contributed by atoms with Gasteiger partial charge in [-0.2, -0.15) is 0 Å². The summed E-state index contributed by atoms with van der Waals surface area (Å²) in [5, 5.41) is 8.21. The van der Waals surface area contributed by atoms with Gasteiger partial charge in [0, 0.05) is 11.1 Å². The van der Waals surface area contributed by atoms with Gasteiger partial charge in [0.05, 0.1) is 23.7 Å². The fraction of sp³-hybridized carbons (Fsp3) is 0.312. The molecule has 0 spiro atoms. The number of hydrogen-bond donors (Lipinski definition) is 2. The Bertz CT molecular complexity index is 667. The molecule has 0 unspecified atom stereocenters. The summed E-state index contributed by atoms with van der Waals surface area (Å²) < 4.78 is 0. The summed E-state index contributed by atoms with van der Waals surface area (Å²) in [5.41, 5.74) is 2.59. The summed E-state index contributed by atoms with van der Waals surface area (Å²) in [6.07, 6.45) is 1.04. The quantitative estimate of drug-likeness (QED) is 0.859. The minimum absolute atomic E-state index is 0.0417. The number of thiazole rings is 1. The molecule has 0 fully saturated rings. The van der Waals surface area contributed by atoms with E-state index in [1.54, 1.807) is 0 Å². The lowest BCUT2D eigenvalue weighted by Crippen LogP contribution is -2.34. The number of nitrogens with zero attached hydrogens (tertiary/aromatic N) is 1. The van der Waals surface area contributed by atoms with Gasteiger partial charge in [0.15, 0.2) is 0 Å². The Morgan fingerprint density at radius 2 is 2.00 bits per heavy atom. The molecule has 0 saturated carbocycles. The van der Waals surface area contributed by atoms with Gasteiger partial charge < -0.3 is 10.6 Å². The molecule has 0 saturated heterocycles. The standard InChI is InChI=1S/C16H19N3O2S/c1-3-12-6-4-5-7-14(12)19-16(21)9-17-15(20)8-13-10-22-11(2)18-13/h4-7,10H,3,8-9H2,1-2H3,(H,17,20)(H,19,21). The third-order valence-corrected chi connectivity index (χ3v) is 3.95. The molecule has 22 heavy (non-hydrogen) atoms. The van der Waals surface area contributed by atoms with Crippen molar-refractivity contribution in [1.29, 1.82) is 0 Å². The third kappa shape index (κ3) is 4.66. The second-order valence-corrected chi connectivity index (χ2v) is 5.93. The van der Waals surface area contributed by atoms with Crippen molar-refractivity contribution in [2.24, 2.45) is 0 Å². The average molecular weight is 317 g/mol. The van der Waals surface area contributed by atoms with E-state index in [0.717, 1.165) is 28.4 Å². The Morgan fingerprint density at radius 1 is 1.23 bits per heavy atom. The summed E-state index contributed by atoms with van der Waals surface area (Å²) in [6, 6.07) is 7.64. The lowest BCUT2D eigenvalue weighted by Gasteiger charge is -2.10. The third-order valence-electron chi connectivity index (χ3n) is 3.13. The second-order valence-electron chi connectivity index (χ2n) is 4.87. The summed E-state index contributed by atoms with van der Waals surface area (Å²) in [6.45, 7) is 3.88. The highest BCUT2D eigenvalue weighted by atomic mass is 32.1. The maximum atomic E-state index is 11.9. The molecule has 0 atom stereocenters. The number of para-hydroxylation sites is 1. The molecule has 116 valence electrons. The Morgan fingerprint density at radius 3 is 2.68 bits per heavy atom. The van der Waals surface area contributed by atoms with Crippen LogP contribution < -0.4 is 10.6 Å². The van der Waals surface area contributed by atoms with Gasteiger partial charge in [0.2, 0.25) is 11.8 Å². The molecule has 0 aliphatic rings. The molecule has 1 aromatic heterocycles. The number of anilines is 1. The number of amides is 2. The molecule has 0 aliphatic heterocycles. The van der Waals surface area contributed by atoms with Gasteiger partial charge in [-0.05, 0) is 25.0 Å². The lowest BCUT2D eigenvalue weighted by atomic mass is 10.1. The Hall–Kier alpha value is -2.21. The second kappa shape index (κ2) is 7.70. The van der Waals surface area contributed by atoms with E-state index in [0.29, 0.717) is 0 Å². The van der Waals surface area contributed by atoms with Crippen LogP contribution in [0, 0.1) is 6.92 Å². The normalized spacial score (nSPS) is 10.3. The molecule has 0 radical (unpaired) electrons. The lowest BCUT2D eigenvalue weighted by molar-refractivity contribution is -0.123. The number of carbonyl (C=O) groups is 2. The van der Waals surface area contributed by atoms with Crippen LogP contribution in [0.4, 0.5) is 5.69 Å². The number of aryl methyl sites for hydroxylation is 2. The van der Waals surface area contributed by atoms with E-state index >= 15 is 0 Å². The predicted octanol–water partition coefficient (Wildman–Crippen LogP) is 2.31. The monoisotopic (exact) mass is 317 g/mol. The first kappa shape index (κ1) is 16.2. The molecule has 1 aromatic carbocycles. The van der Waals surface area contributed by atoms with Crippen LogP contribution >= 0.6 is 11.3 Å². The molecule has 6 heteroatoms. The highest BCUT2D eigenvalue weighted by Gasteiger charge is 2.09. The number of hydrogen-bond acceptors (Lipinski definition) is 4. The van der Waals surface area contributed by atoms with E-state index in [1.165, 1.54) is 11.3 Å². The van der Waals surface area contributed by atoms with E-state index in [2.05, 4.69) is 15.6 Å². The molecule has 0 aliphatic carbocycles. The number of rotatable bonds is 6. The van der Waals surface area contributed by atoms with E-state index in [1.807, 2.05) is 43.5 Å². The Kier molecular flexibility index (Phi) is 5.66. The molecule has 5 nitrogen and oxygen atoms in total. The molecular formula is C16H19N3O2S. The van der Waals surface area contributed by atoms with Gasteiger partial charge in [-0.25, -0.2) is 4.98 Å². The minimum atomic E-state index is -0.233. The topological polar surface area (TPSA) is 71.1 Å². The van der Waals surface area contributed by atoms with E-state index < -0.39 is 0 Å². The van der Waals surface area contributed by atoms with Crippen LogP contribution in [-0.2, 0) is 22.4 Å². The zero-order chi connectivity index (χ0) is 15.9. The predicted molar refractivity (Wildman–Crippen MR) is 88.0 cm³/mol. The maximum Gasteiger partial charge on any atom is 0.243 e. The number of aromatic nitrogens is 1. The average Bonchev–Trinajstić information content (AvgIpc) is 2.91. The molecule has 2 rings (SSSR count). The first-order valence-electron chi connectivity index (χ1n) is 7.14. The zero-order valence-corrected chi connectivity index (χ0v) is 13.5. The zero-order valence-electron chi connectivity index (χ0n) is 12.7. The van der Waals surface area contributed by atoms with Crippen molar-refractivity contribution in [3.63, 3.8) is 0 Å². The van der Waals surface area contributed by atoms with Crippen LogP contribution in [0.1, 0.15) is 23.2 Å². The molecule has 0 bridgehead atoms. The van der Waals surface area contributed by atoms with Crippen molar-refractivity contribution in [3.05, 3.63) is 45.9 Å².